The minimum absolute atomic E-state index is 0.0892. The Morgan fingerprint density at radius 1 is 1.05 bits per heavy atom. The molecule has 4 heteroatoms. The lowest BCUT2D eigenvalue weighted by Gasteiger charge is -2.05. The molecule has 0 aliphatic carbocycles. The van der Waals surface area contributed by atoms with Gasteiger partial charge in [0.15, 0.2) is 5.78 Å². The van der Waals surface area contributed by atoms with Crippen LogP contribution in [0.2, 0.25) is 0 Å². The number of benzene rings is 2. The smallest absolute Gasteiger partial charge is 0.175 e. The lowest BCUT2D eigenvalue weighted by atomic mass is 10.1. The zero-order valence-corrected chi connectivity index (χ0v) is 12.2. The summed E-state index contributed by atoms with van der Waals surface area (Å²) in [6.45, 7) is 3.92. The van der Waals surface area contributed by atoms with Gasteiger partial charge in [0, 0.05) is 10.5 Å². The largest absolute Gasteiger partial charge is 0.293 e. The molecule has 0 radical (unpaired) electrons. The van der Waals surface area contributed by atoms with Crippen LogP contribution in [0.1, 0.15) is 21.5 Å². The van der Waals surface area contributed by atoms with Gasteiger partial charge in [-0.2, -0.15) is 0 Å². The second kappa shape index (κ2) is 6.09. The van der Waals surface area contributed by atoms with Crippen LogP contribution in [0.3, 0.4) is 0 Å². The summed E-state index contributed by atoms with van der Waals surface area (Å²) in [5.74, 6) is -0.730. The van der Waals surface area contributed by atoms with Gasteiger partial charge in [-0.3, -0.25) is 9.00 Å². The number of Topliss-reactive ketones (excluding diaryl/α,β-unsaturated/α-hetero) is 1. The molecule has 0 aromatic heterocycles. The first kappa shape index (κ1) is 14.6. The van der Waals surface area contributed by atoms with E-state index in [1.54, 1.807) is 6.07 Å². The SMILES string of the molecule is Cc1ccc(S(=O)CC(=O)c2ccc(F)cc2)cc1C. The van der Waals surface area contributed by atoms with Crippen LogP contribution in [0, 0.1) is 19.7 Å². The van der Waals surface area contributed by atoms with E-state index in [2.05, 4.69) is 0 Å². The second-order valence-corrected chi connectivity index (χ2v) is 6.12. The van der Waals surface area contributed by atoms with Gasteiger partial charge in [0.2, 0.25) is 0 Å². The zero-order chi connectivity index (χ0) is 14.7. The maximum atomic E-state index is 12.8. The summed E-state index contributed by atoms with van der Waals surface area (Å²) in [6.07, 6.45) is 0. The molecule has 2 aromatic carbocycles. The van der Waals surface area contributed by atoms with Crippen molar-refractivity contribution in [3.8, 4) is 0 Å². The molecule has 0 fully saturated rings. The zero-order valence-electron chi connectivity index (χ0n) is 11.4. The highest BCUT2D eigenvalue weighted by atomic mass is 32.2. The predicted molar refractivity (Wildman–Crippen MR) is 77.9 cm³/mol. The molecular formula is C16H15FO2S. The third-order valence-corrected chi connectivity index (χ3v) is 4.47. The van der Waals surface area contributed by atoms with E-state index < -0.39 is 16.6 Å². The highest BCUT2D eigenvalue weighted by Crippen LogP contribution is 2.14. The Kier molecular flexibility index (Phi) is 4.45. The van der Waals surface area contributed by atoms with Gasteiger partial charge in [-0.25, -0.2) is 4.39 Å². The van der Waals surface area contributed by atoms with Crippen molar-refractivity contribution in [2.45, 2.75) is 18.7 Å². The molecule has 0 N–H and O–H groups in total. The van der Waals surface area contributed by atoms with Gasteiger partial charge < -0.3 is 0 Å². The average molecular weight is 290 g/mol. The van der Waals surface area contributed by atoms with Crippen LogP contribution >= 0.6 is 0 Å². The van der Waals surface area contributed by atoms with E-state index in [1.165, 1.54) is 24.3 Å². The van der Waals surface area contributed by atoms with Crippen LogP contribution in [-0.2, 0) is 10.8 Å². The van der Waals surface area contributed by atoms with Crippen molar-refractivity contribution >= 4 is 16.6 Å². The maximum absolute atomic E-state index is 12.8. The van der Waals surface area contributed by atoms with E-state index in [9.17, 15) is 13.4 Å². The van der Waals surface area contributed by atoms with Crippen LogP contribution in [0.15, 0.2) is 47.4 Å². The fourth-order valence-electron chi connectivity index (χ4n) is 1.78. The summed E-state index contributed by atoms with van der Waals surface area (Å²) in [5, 5.41) is 0. The summed E-state index contributed by atoms with van der Waals surface area (Å²) in [6, 6.07) is 10.8. The quantitative estimate of drug-likeness (QED) is 0.808. The number of hydrogen-bond acceptors (Lipinski definition) is 2. The number of rotatable bonds is 4. The molecule has 0 saturated heterocycles. The lowest BCUT2D eigenvalue weighted by molar-refractivity contribution is 0.102. The maximum Gasteiger partial charge on any atom is 0.175 e. The van der Waals surface area contributed by atoms with Crippen molar-refractivity contribution in [2.75, 3.05) is 5.75 Å². The molecule has 2 aromatic rings. The van der Waals surface area contributed by atoms with Crippen LogP contribution in [0.4, 0.5) is 4.39 Å². The Morgan fingerprint density at radius 2 is 1.70 bits per heavy atom. The van der Waals surface area contributed by atoms with Gasteiger partial charge in [-0.15, -0.1) is 0 Å². The number of carbonyl (C=O) groups excluding carboxylic acids is 1. The minimum Gasteiger partial charge on any atom is -0.293 e. The number of aryl methyl sites for hydroxylation is 2. The molecule has 0 bridgehead atoms. The summed E-state index contributed by atoms with van der Waals surface area (Å²) in [4.78, 5) is 12.6. The molecule has 2 rings (SSSR count). The first-order chi connectivity index (χ1) is 9.47. The van der Waals surface area contributed by atoms with Crippen LogP contribution in [0.25, 0.3) is 0 Å². The third-order valence-electron chi connectivity index (χ3n) is 3.17. The van der Waals surface area contributed by atoms with Gasteiger partial charge >= 0.3 is 0 Å². The molecule has 20 heavy (non-hydrogen) atoms. The molecular weight excluding hydrogens is 275 g/mol. The van der Waals surface area contributed by atoms with Gasteiger partial charge in [-0.05, 0) is 61.4 Å². The van der Waals surface area contributed by atoms with Gasteiger partial charge in [0.25, 0.3) is 0 Å². The topological polar surface area (TPSA) is 34.1 Å². The average Bonchev–Trinajstić information content (AvgIpc) is 2.42. The summed E-state index contributed by atoms with van der Waals surface area (Å²) >= 11 is 0. The monoisotopic (exact) mass is 290 g/mol. The Balaban J connectivity index is 2.13. The van der Waals surface area contributed by atoms with Gasteiger partial charge in [0.05, 0.1) is 16.6 Å². The first-order valence-electron chi connectivity index (χ1n) is 6.22. The number of hydrogen-bond donors (Lipinski definition) is 0. The molecule has 0 heterocycles. The van der Waals surface area contributed by atoms with E-state index >= 15 is 0 Å². The summed E-state index contributed by atoms with van der Waals surface area (Å²) in [5.41, 5.74) is 2.55. The fourth-order valence-corrected chi connectivity index (χ4v) is 2.88. The van der Waals surface area contributed by atoms with E-state index in [4.69, 9.17) is 0 Å². The minimum atomic E-state index is -1.38. The van der Waals surface area contributed by atoms with Crippen LogP contribution in [-0.4, -0.2) is 15.7 Å². The van der Waals surface area contributed by atoms with Crippen molar-refractivity contribution in [1.29, 1.82) is 0 Å². The van der Waals surface area contributed by atoms with Gasteiger partial charge in [0.1, 0.15) is 5.82 Å². The Labute approximate surface area is 120 Å². The molecule has 104 valence electrons. The van der Waals surface area contributed by atoms with Crippen molar-refractivity contribution in [3.63, 3.8) is 0 Å². The molecule has 1 unspecified atom stereocenters. The number of halogens is 1. The fraction of sp³-hybridized carbons (Fsp3) is 0.188. The van der Waals surface area contributed by atoms with Crippen molar-refractivity contribution in [3.05, 3.63) is 65.0 Å². The summed E-state index contributed by atoms with van der Waals surface area (Å²) in [7, 11) is -1.38. The van der Waals surface area contributed by atoms with Crippen molar-refractivity contribution in [2.24, 2.45) is 0 Å². The predicted octanol–water partition coefficient (Wildman–Crippen LogP) is 3.43. The highest BCUT2D eigenvalue weighted by Gasteiger charge is 2.13. The molecule has 0 aliphatic heterocycles. The van der Waals surface area contributed by atoms with Crippen LogP contribution < -0.4 is 0 Å². The summed E-state index contributed by atoms with van der Waals surface area (Å²) < 4.78 is 25.0. The Hall–Kier alpha value is -1.81. The molecule has 2 nitrogen and oxygen atoms in total. The molecule has 0 saturated carbocycles. The van der Waals surface area contributed by atoms with Crippen LogP contribution in [0.5, 0.6) is 0 Å². The normalized spacial score (nSPS) is 12.2. The van der Waals surface area contributed by atoms with Crippen molar-refractivity contribution in [1.82, 2.24) is 0 Å². The van der Waals surface area contributed by atoms with E-state index in [0.29, 0.717) is 10.5 Å². The number of ketones is 1. The molecule has 0 aliphatic rings. The highest BCUT2D eigenvalue weighted by molar-refractivity contribution is 7.85. The first-order valence-corrected chi connectivity index (χ1v) is 7.53. The number of carbonyl (C=O) groups is 1. The van der Waals surface area contributed by atoms with E-state index in [0.717, 1.165) is 11.1 Å². The molecule has 1 atom stereocenters. The standard InChI is InChI=1S/C16H15FO2S/c1-11-3-8-15(9-12(11)2)20(19)10-16(18)13-4-6-14(17)7-5-13/h3-9H,10H2,1-2H3. The van der Waals surface area contributed by atoms with Gasteiger partial charge in [-0.1, -0.05) is 6.07 Å². The molecule has 0 spiro atoms. The Morgan fingerprint density at radius 3 is 2.30 bits per heavy atom. The van der Waals surface area contributed by atoms with E-state index in [-0.39, 0.29) is 11.5 Å². The second-order valence-electron chi connectivity index (χ2n) is 4.67. The molecule has 0 amide bonds. The lowest BCUT2D eigenvalue weighted by Crippen LogP contribution is -2.11. The Bertz CT molecular complexity index is 663. The van der Waals surface area contributed by atoms with Crippen molar-refractivity contribution < 1.29 is 13.4 Å². The third kappa shape index (κ3) is 3.39. The van der Waals surface area contributed by atoms with E-state index in [1.807, 2.05) is 26.0 Å².